The highest BCUT2D eigenvalue weighted by atomic mass is 19.1. The molecule has 1 aromatic rings. The molecule has 0 spiro atoms. The van der Waals surface area contributed by atoms with Gasteiger partial charge in [-0.1, -0.05) is 18.2 Å². The summed E-state index contributed by atoms with van der Waals surface area (Å²) in [6.07, 6.45) is 0.777. The van der Waals surface area contributed by atoms with Gasteiger partial charge in [0.05, 0.1) is 0 Å². The van der Waals surface area contributed by atoms with Gasteiger partial charge >= 0.3 is 0 Å². The summed E-state index contributed by atoms with van der Waals surface area (Å²) in [5.41, 5.74) is 1.03. The number of piperazine rings is 1. The van der Waals surface area contributed by atoms with Crippen LogP contribution in [-0.4, -0.2) is 35.6 Å². The molecule has 0 unspecified atom stereocenters. The fraction of sp³-hybridized carbons (Fsp3) is 0.625. The quantitative estimate of drug-likeness (QED) is 0.903. The molecule has 1 N–H and O–H groups in total. The number of halogens is 1. The largest absolute Gasteiger partial charge is 0.304 e. The van der Waals surface area contributed by atoms with Gasteiger partial charge in [-0.05, 0) is 45.7 Å². The second-order valence-electron chi connectivity index (χ2n) is 6.94. The molecule has 0 atom stereocenters. The van der Waals surface area contributed by atoms with Crippen LogP contribution in [0, 0.1) is 5.82 Å². The first-order valence-electron chi connectivity index (χ1n) is 7.03. The van der Waals surface area contributed by atoms with Crippen LogP contribution in [0.25, 0.3) is 0 Å². The van der Waals surface area contributed by atoms with Gasteiger partial charge in [0.25, 0.3) is 0 Å². The van der Waals surface area contributed by atoms with Crippen LogP contribution in [0.1, 0.15) is 33.3 Å². The Labute approximate surface area is 116 Å². The molecule has 1 saturated heterocycles. The van der Waals surface area contributed by atoms with E-state index in [9.17, 15) is 4.39 Å². The van der Waals surface area contributed by atoms with Crippen LogP contribution in [-0.2, 0) is 6.42 Å². The van der Waals surface area contributed by atoms with Gasteiger partial charge in [0.15, 0.2) is 0 Å². The van der Waals surface area contributed by atoms with Gasteiger partial charge in [-0.25, -0.2) is 4.39 Å². The lowest BCUT2D eigenvalue weighted by molar-refractivity contribution is 0.0790. The van der Waals surface area contributed by atoms with Crippen molar-refractivity contribution in [2.24, 2.45) is 0 Å². The number of hydrogen-bond acceptors (Lipinski definition) is 2. The highest BCUT2D eigenvalue weighted by Gasteiger charge is 2.35. The highest BCUT2D eigenvalue weighted by Crippen LogP contribution is 2.21. The molecule has 0 aromatic heterocycles. The lowest BCUT2D eigenvalue weighted by atomic mass is 9.91. The van der Waals surface area contributed by atoms with Crippen LogP contribution in [0.15, 0.2) is 24.3 Å². The van der Waals surface area contributed by atoms with Crippen LogP contribution < -0.4 is 5.32 Å². The summed E-state index contributed by atoms with van der Waals surface area (Å²) in [6.45, 7) is 11.8. The molecule has 1 aliphatic rings. The van der Waals surface area contributed by atoms with Crippen molar-refractivity contribution < 1.29 is 4.39 Å². The monoisotopic (exact) mass is 264 g/mol. The van der Waals surface area contributed by atoms with E-state index in [1.807, 2.05) is 12.1 Å². The van der Waals surface area contributed by atoms with Gasteiger partial charge in [-0.2, -0.15) is 0 Å². The molecule has 1 aliphatic heterocycles. The summed E-state index contributed by atoms with van der Waals surface area (Å²) < 4.78 is 13.6. The number of rotatable bonds is 3. The molecule has 0 saturated carbocycles. The molecule has 106 valence electrons. The molecule has 19 heavy (non-hydrogen) atoms. The van der Waals surface area contributed by atoms with E-state index in [0.717, 1.165) is 31.6 Å². The number of nitrogens with zero attached hydrogens (tertiary/aromatic N) is 1. The average Bonchev–Trinajstić information content (AvgIpc) is 2.23. The van der Waals surface area contributed by atoms with Gasteiger partial charge in [0, 0.05) is 30.7 Å². The zero-order valence-corrected chi connectivity index (χ0v) is 12.5. The average molecular weight is 264 g/mol. The molecule has 3 heteroatoms. The lowest BCUT2D eigenvalue weighted by Crippen LogP contribution is -2.66. The fourth-order valence-corrected chi connectivity index (χ4v) is 3.31. The number of hydrogen-bond donors (Lipinski definition) is 1. The van der Waals surface area contributed by atoms with Gasteiger partial charge in [-0.3, -0.25) is 4.90 Å². The van der Waals surface area contributed by atoms with E-state index in [-0.39, 0.29) is 16.9 Å². The summed E-state index contributed by atoms with van der Waals surface area (Å²) >= 11 is 0. The van der Waals surface area contributed by atoms with Crippen LogP contribution in [0.3, 0.4) is 0 Å². The van der Waals surface area contributed by atoms with Crippen LogP contribution in [0.5, 0.6) is 0 Å². The first-order chi connectivity index (χ1) is 8.77. The lowest BCUT2D eigenvalue weighted by Gasteiger charge is -2.48. The molecule has 2 nitrogen and oxygen atoms in total. The smallest absolute Gasteiger partial charge is 0.126 e. The Kier molecular flexibility index (Phi) is 3.98. The minimum Gasteiger partial charge on any atom is -0.304 e. The van der Waals surface area contributed by atoms with Crippen LogP contribution in [0.2, 0.25) is 0 Å². The maximum Gasteiger partial charge on any atom is 0.126 e. The Bertz CT molecular complexity index is 424. The summed E-state index contributed by atoms with van der Waals surface area (Å²) in [4.78, 5) is 2.43. The summed E-state index contributed by atoms with van der Waals surface area (Å²) in [7, 11) is 0. The van der Waals surface area contributed by atoms with Crippen molar-refractivity contribution >= 4 is 0 Å². The fourth-order valence-electron chi connectivity index (χ4n) is 3.31. The first kappa shape index (κ1) is 14.5. The highest BCUT2D eigenvalue weighted by molar-refractivity contribution is 5.17. The Hall–Kier alpha value is -0.930. The summed E-state index contributed by atoms with van der Waals surface area (Å²) in [5.74, 6) is -0.0869. The Morgan fingerprint density at radius 3 is 2.26 bits per heavy atom. The molecule has 0 radical (unpaired) electrons. The van der Waals surface area contributed by atoms with Crippen molar-refractivity contribution in [1.29, 1.82) is 0 Å². The van der Waals surface area contributed by atoms with Gasteiger partial charge < -0.3 is 5.32 Å². The SMILES string of the molecule is CC1(C)CN(CCc2ccccc2F)CC(C)(C)N1. The van der Waals surface area contributed by atoms with Crippen molar-refractivity contribution in [2.75, 3.05) is 19.6 Å². The molecule has 1 fully saturated rings. The number of benzene rings is 1. The topological polar surface area (TPSA) is 15.3 Å². The van der Waals surface area contributed by atoms with E-state index in [1.54, 1.807) is 12.1 Å². The maximum atomic E-state index is 13.6. The van der Waals surface area contributed by atoms with E-state index >= 15 is 0 Å². The molecular formula is C16H25FN2. The Balaban J connectivity index is 1.98. The molecule has 0 aliphatic carbocycles. The molecule has 1 heterocycles. The van der Waals surface area contributed by atoms with E-state index in [0.29, 0.717) is 0 Å². The van der Waals surface area contributed by atoms with E-state index in [4.69, 9.17) is 0 Å². The van der Waals surface area contributed by atoms with Crippen molar-refractivity contribution in [1.82, 2.24) is 10.2 Å². The van der Waals surface area contributed by atoms with Crippen molar-refractivity contribution in [3.63, 3.8) is 0 Å². The minimum absolute atomic E-state index is 0.0869. The molecule has 1 aromatic carbocycles. The minimum atomic E-state index is -0.0869. The standard InChI is InChI=1S/C16H25FN2/c1-15(2)11-19(12-16(3,4)18-15)10-9-13-7-5-6-8-14(13)17/h5-8,18H,9-12H2,1-4H3. The summed E-state index contributed by atoms with van der Waals surface area (Å²) in [6, 6.07) is 7.08. The van der Waals surface area contributed by atoms with Gasteiger partial charge in [0.2, 0.25) is 0 Å². The second kappa shape index (κ2) is 5.22. The van der Waals surface area contributed by atoms with Gasteiger partial charge in [-0.15, -0.1) is 0 Å². The normalized spacial score (nSPS) is 22.4. The van der Waals surface area contributed by atoms with Crippen molar-refractivity contribution in [3.8, 4) is 0 Å². The van der Waals surface area contributed by atoms with E-state index in [2.05, 4.69) is 37.9 Å². The molecule has 0 amide bonds. The predicted octanol–water partition coefficient (Wildman–Crippen LogP) is 2.83. The number of nitrogens with one attached hydrogen (secondary N) is 1. The Morgan fingerprint density at radius 1 is 1.11 bits per heavy atom. The zero-order chi connectivity index (χ0) is 14.1. The van der Waals surface area contributed by atoms with Crippen molar-refractivity contribution in [3.05, 3.63) is 35.6 Å². The van der Waals surface area contributed by atoms with Crippen LogP contribution >= 0.6 is 0 Å². The molecular weight excluding hydrogens is 239 g/mol. The van der Waals surface area contributed by atoms with Crippen LogP contribution in [0.4, 0.5) is 4.39 Å². The predicted molar refractivity (Wildman–Crippen MR) is 77.8 cm³/mol. The molecule has 2 rings (SSSR count). The van der Waals surface area contributed by atoms with E-state index < -0.39 is 0 Å². The second-order valence-corrected chi connectivity index (χ2v) is 6.94. The molecule has 0 bridgehead atoms. The maximum absolute atomic E-state index is 13.6. The third kappa shape index (κ3) is 4.02. The first-order valence-corrected chi connectivity index (χ1v) is 7.03. The van der Waals surface area contributed by atoms with Crippen molar-refractivity contribution in [2.45, 2.75) is 45.2 Å². The zero-order valence-electron chi connectivity index (χ0n) is 12.5. The third-order valence-electron chi connectivity index (χ3n) is 3.57. The summed E-state index contributed by atoms with van der Waals surface area (Å²) in [5, 5.41) is 3.66. The Morgan fingerprint density at radius 2 is 1.68 bits per heavy atom. The third-order valence-corrected chi connectivity index (χ3v) is 3.57. The van der Waals surface area contributed by atoms with E-state index in [1.165, 1.54) is 0 Å². The van der Waals surface area contributed by atoms with Gasteiger partial charge in [0.1, 0.15) is 5.82 Å².